The molecule has 0 saturated heterocycles. The van der Waals surface area contributed by atoms with Crippen LogP contribution in [-0.4, -0.2) is 43.8 Å². The van der Waals surface area contributed by atoms with E-state index in [9.17, 15) is 13.2 Å². The average molecular weight is 446 g/mol. The van der Waals surface area contributed by atoms with Crippen molar-refractivity contribution in [3.63, 3.8) is 0 Å². The number of urea groups is 1. The van der Waals surface area contributed by atoms with Crippen molar-refractivity contribution in [2.75, 3.05) is 20.1 Å². The topological polar surface area (TPSA) is 69.7 Å². The van der Waals surface area contributed by atoms with Crippen LogP contribution in [0.3, 0.4) is 0 Å². The SMILES string of the molecule is CCN(CC)S(=O)(=O)c1ccc(CNC(=O)N(C)Cc2ccc(C(C)(C)C)cc2)cc1. The molecule has 7 heteroatoms. The molecule has 0 fully saturated rings. The lowest BCUT2D eigenvalue weighted by Crippen LogP contribution is -2.36. The van der Waals surface area contributed by atoms with E-state index >= 15 is 0 Å². The molecule has 0 radical (unpaired) electrons. The summed E-state index contributed by atoms with van der Waals surface area (Å²) in [6.45, 7) is 11.9. The van der Waals surface area contributed by atoms with E-state index in [4.69, 9.17) is 0 Å². The van der Waals surface area contributed by atoms with Crippen LogP contribution in [-0.2, 0) is 28.5 Å². The predicted octanol–water partition coefficient (Wildman–Crippen LogP) is 4.36. The minimum atomic E-state index is -3.47. The zero-order chi connectivity index (χ0) is 23.2. The Morgan fingerprint density at radius 2 is 1.42 bits per heavy atom. The lowest BCUT2D eigenvalue weighted by molar-refractivity contribution is 0.206. The molecule has 2 amide bonds. The zero-order valence-corrected chi connectivity index (χ0v) is 20.3. The molecular weight excluding hydrogens is 410 g/mol. The lowest BCUT2D eigenvalue weighted by Gasteiger charge is -2.21. The van der Waals surface area contributed by atoms with Crippen molar-refractivity contribution in [1.29, 1.82) is 0 Å². The third kappa shape index (κ3) is 6.55. The first kappa shape index (κ1) is 24.9. The highest BCUT2D eigenvalue weighted by Crippen LogP contribution is 2.22. The van der Waals surface area contributed by atoms with E-state index in [2.05, 4.69) is 50.4 Å². The van der Waals surface area contributed by atoms with Gasteiger partial charge in [0.05, 0.1) is 4.90 Å². The van der Waals surface area contributed by atoms with Gasteiger partial charge in [0.25, 0.3) is 0 Å². The van der Waals surface area contributed by atoms with E-state index in [0.29, 0.717) is 26.2 Å². The van der Waals surface area contributed by atoms with Crippen molar-refractivity contribution in [3.05, 3.63) is 65.2 Å². The Bertz CT molecular complexity index is 959. The van der Waals surface area contributed by atoms with Crippen LogP contribution in [0.2, 0.25) is 0 Å². The fourth-order valence-electron chi connectivity index (χ4n) is 3.26. The summed E-state index contributed by atoms with van der Waals surface area (Å²) in [4.78, 5) is 14.3. The molecule has 0 aromatic heterocycles. The maximum atomic E-state index is 12.6. The van der Waals surface area contributed by atoms with Crippen molar-refractivity contribution in [1.82, 2.24) is 14.5 Å². The van der Waals surface area contributed by atoms with E-state index in [-0.39, 0.29) is 16.3 Å². The first-order valence-corrected chi connectivity index (χ1v) is 12.1. The number of nitrogens with one attached hydrogen (secondary N) is 1. The first-order chi connectivity index (χ1) is 14.5. The highest BCUT2D eigenvalue weighted by molar-refractivity contribution is 7.89. The van der Waals surface area contributed by atoms with Crippen LogP contribution < -0.4 is 5.32 Å². The summed E-state index contributed by atoms with van der Waals surface area (Å²) in [5.41, 5.74) is 3.27. The zero-order valence-electron chi connectivity index (χ0n) is 19.5. The molecular formula is C24H35N3O3S. The van der Waals surface area contributed by atoms with Crippen molar-refractivity contribution in [2.24, 2.45) is 0 Å². The molecule has 0 unspecified atom stereocenters. The molecule has 2 rings (SSSR count). The summed E-state index contributed by atoms with van der Waals surface area (Å²) < 4.78 is 26.5. The molecule has 0 spiro atoms. The van der Waals surface area contributed by atoms with Crippen LogP contribution in [0.4, 0.5) is 4.79 Å². The van der Waals surface area contributed by atoms with Crippen LogP contribution in [0.1, 0.15) is 51.3 Å². The molecule has 0 aliphatic rings. The number of hydrogen-bond acceptors (Lipinski definition) is 3. The Labute approximate surface area is 187 Å². The van der Waals surface area contributed by atoms with Gasteiger partial charge in [0.1, 0.15) is 0 Å². The molecule has 0 atom stereocenters. The van der Waals surface area contributed by atoms with Gasteiger partial charge in [-0.05, 0) is 34.2 Å². The standard InChI is InChI=1S/C24H35N3O3S/c1-7-27(8-2)31(29,30)22-15-11-19(12-16-22)17-25-23(28)26(6)18-20-9-13-21(14-10-20)24(3,4)5/h9-16H,7-8,17-18H2,1-6H3,(H,25,28). The molecule has 31 heavy (non-hydrogen) atoms. The number of amides is 2. The molecule has 0 heterocycles. The quantitative estimate of drug-likeness (QED) is 0.656. The summed E-state index contributed by atoms with van der Waals surface area (Å²) in [6.07, 6.45) is 0. The molecule has 170 valence electrons. The number of rotatable bonds is 8. The predicted molar refractivity (Wildman–Crippen MR) is 125 cm³/mol. The summed E-state index contributed by atoms with van der Waals surface area (Å²) >= 11 is 0. The second kappa shape index (κ2) is 10.3. The Hall–Kier alpha value is -2.38. The smallest absolute Gasteiger partial charge is 0.317 e. The monoisotopic (exact) mass is 445 g/mol. The molecule has 6 nitrogen and oxygen atoms in total. The third-order valence-corrected chi connectivity index (χ3v) is 7.36. The number of nitrogens with zero attached hydrogens (tertiary/aromatic N) is 2. The fraction of sp³-hybridized carbons (Fsp3) is 0.458. The fourth-order valence-corrected chi connectivity index (χ4v) is 4.72. The van der Waals surface area contributed by atoms with Gasteiger partial charge in [-0.3, -0.25) is 0 Å². The van der Waals surface area contributed by atoms with Gasteiger partial charge in [0.2, 0.25) is 10.0 Å². The highest BCUT2D eigenvalue weighted by atomic mass is 32.2. The molecule has 0 aliphatic heterocycles. The Morgan fingerprint density at radius 3 is 1.90 bits per heavy atom. The van der Waals surface area contributed by atoms with Gasteiger partial charge < -0.3 is 10.2 Å². The minimum Gasteiger partial charge on any atom is -0.334 e. The van der Waals surface area contributed by atoms with E-state index in [1.165, 1.54) is 9.87 Å². The second-order valence-corrected chi connectivity index (χ2v) is 10.6. The highest BCUT2D eigenvalue weighted by Gasteiger charge is 2.21. The Morgan fingerprint density at radius 1 is 0.903 bits per heavy atom. The number of sulfonamides is 1. The van der Waals surface area contributed by atoms with Gasteiger partial charge in [-0.15, -0.1) is 0 Å². The Balaban J connectivity index is 1.93. The van der Waals surface area contributed by atoms with Crippen molar-refractivity contribution in [3.8, 4) is 0 Å². The number of carbonyl (C=O) groups is 1. The molecule has 2 aromatic carbocycles. The maximum Gasteiger partial charge on any atom is 0.317 e. The van der Waals surface area contributed by atoms with Gasteiger partial charge in [0, 0.05) is 33.2 Å². The molecule has 1 N–H and O–H groups in total. The first-order valence-electron chi connectivity index (χ1n) is 10.7. The van der Waals surface area contributed by atoms with Crippen LogP contribution in [0.5, 0.6) is 0 Å². The van der Waals surface area contributed by atoms with Crippen molar-refractivity contribution >= 4 is 16.1 Å². The van der Waals surface area contributed by atoms with Crippen molar-refractivity contribution in [2.45, 2.75) is 58.0 Å². The lowest BCUT2D eigenvalue weighted by atomic mass is 9.87. The van der Waals surface area contributed by atoms with Crippen LogP contribution in [0.15, 0.2) is 53.4 Å². The second-order valence-electron chi connectivity index (χ2n) is 8.69. The largest absolute Gasteiger partial charge is 0.334 e. The van der Waals surface area contributed by atoms with Crippen LogP contribution >= 0.6 is 0 Å². The average Bonchev–Trinajstić information content (AvgIpc) is 2.72. The van der Waals surface area contributed by atoms with E-state index in [1.807, 2.05) is 13.8 Å². The summed E-state index contributed by atoms with van der Waals surface area (Å²) in [7, 11) is -1.72. The van der Waals surface area contributed by atoms with Gasteiger partial charge in [-0.2, -0.15) is 4.31 Å². The molecule has 0 saturated carbocycles. The third-order valence-electron chi connectivity index (χ3n) is 5.30. The summed E-state index contributed by atoms with van der Waals surface area (Å²) in [5.74, 6) is 0. The normalized spacial score (nSPS) is 12.1. The number of carbonyl (C=O) groups excluding carboxylic acids is 1. The maximum absolute atomic E-state index is 12.6. The molecule has 0 bridgehead atoms. The molecule has 2 aromatic rings. The van der Waals surface area contributed by atoms with Crippen molar-refractivity contribution < 1.29 is 13.2 Å². The summed E-state index contributed by atoms with van der Waals surface area (Å²) in [6, 6.07) is 14.8. The Kier molecular flexibility index (Phi) is 8.26. The number of hydrogen-bond donors (Lipinski definition) is 1. The van der Waals surface area contributed by atoms with Gasteiger partial charge in [-0.1, -0.05) is 71.0 Å². The van der Waals surface area contributed by atoms with Gasteiger partial charge >= 0.3 is 6.03 Å². The number of benzene rings is 2. The van der Waals surface area contributed by atoms with Crippen LogP contribution in [0, 0.1) is 0 Å². The van der Waals surface area contributed by atoms with E-state index in [0.717, 1.165) is 11.1 Å². The van der Waals surface area contributed by atoms with E-state index < -0.39 is 10.0 Å². The minimum absolute atomic E-state index is 0.0993. The van der Waals surface area contributed by atoms with Gasteiger partial charge in [0.15, 0.2) is 0 Å². The molecule has 0 aliphatic carbocycles. The van der Waals surface area contributed by atoms with E-state index in [1.54, 1.807) is 36.2 Å². The summed E-state index contributed by atoms with van der Waals surface area (Å²) in [5, 5.41) is 2.89. The van der Waals surface area contributed by atoms with Gasteiger partial charge in [-0.25, -0.2) is 13.2 Å². The van der Waals surface area contributed by atoms with Crippen LogP contribution in [0.25, 0.3) is 0 Å².